The molecule has 1 atom stereocenters. The summed E-state index contributed by atoms with van der Waals surface area (Å²) in [6.07, 6.45) is 6.02. The van der Waals surface area contributed by atoms with Crippen molar-refractivity contribution in [2.45, 2.75) is 75.2 Å². The van der Waals surface area contributed by atoms with Crippen LogP contribution in [0.1, 0.15) is 67.8 Å². The Bertz CT molecular complexity index is 966. The minimum absolute atomic E-state index is 0.0703. The van der Waals surface area contributed by atoms with E-state index in [4.69, 9.17) is 0 Å². The highest BCUT2D eigenvalue weighted by Gasteiger charge is 2.52. The highest BCUT2D eigenvalue weighted by molar-refractivity contribution is 5.97. The Balaban J connectivity index is 1.44. The Morgan fingerprint density at radius 3 is 2.61 bits per heavy atom. The fraction of sp³-hybridized carbons (Fsp3) is 0.619. The van der Waals surface area contributed by atoms with Crippen molar-refractivity contribution in [2.24, 2.45) is 0 Å². The van der Waals surface area contributed by atoms with E-state index in [2.05, 4.69) is 4.98 Å². The van der Waals surface area contributed by atoms with Crippen molar-refractivity contribution in [3.05, 3.63) is 34.2 Å². The lowest BCUT2D eigenvalue weighted by atomic mass is 9.93. The molecule has 0 bridgehead atoms. The molecule has 3 aliphatic rings. The molecule has 1 saturated heterocycles. The Labute approximate surface area is 163 Å². The summed E-state index contributed by atoms with van der Waals surface area (Å²) in [5.41, 5.74) is 1.17. The Morgan fingerprint density at radius 1 is 1.14 bits per heavy atom. The van der Waals surface area contributed by atoms with E-state index in [0.29, 0.717) is 30.5 Å². The van der Waals surface area contributed by atoms with E-state index in [1.54, 1.807) is 16.7 Å². The second-order valence-corrected chi connectivity index (χ2v) is 8.75. The van der Waals surface area contributed by atoms with Crippen LogP contribution >= 0.6 is 0 Å². The number of fused-ring (bicyclic) bond motifs is 1. The number of benzene rings is 1. The van der Waals surface area contributed by atoms with Gasteiger partial charge in [0.2, 0.25) is 0 Å². The van der Waals surface area contributed by atoms with Gasteiger partial charge in [0.25, 0.3) is 5.91 Å². The van der Waals surface area contributed by atoms with Gasteiger partial charge in [-0.1, -0.05) is 0 Å². The third-order valence-corrected chi connectivity index (χ3v) is 6.89. The third kappa shape index (κ3) is 2.88. The maximum absolute atomic E-state index is 13.1. The number of likely N-dealkylation sites (tertiary alicyclic amines) is 1. The molecule has 2 saturated carbocycles. The number of hydrogen-bond donors (Lipinski definition) is 3. The van der Waals surface area contributed by atoms with Gasteiger partial charge in [0.05, 0.1) is 28.8 Å². The van der Waals surface area contributed by atoms with Gasteiger partial charge in [0.1, 0.15) is 0 Å². The van der Waals surface area contributed by atoms with Gasteiger partial charge in [-0.2, -0.15) is 0 Å². The first-order valence-electron chi connectivity index (χ1n) is 10.4. The summed E-state index contributed by atoms with van der Waals surface area (Å²) < 4.78 is 1.78. The van der Waals surface area contributed by atoms with E-state index in [1.807, 2.05) is 11.0 Å². The molecular formula is C21H27N3O4. The molecule has 0 spiro atoms. The molecule has 2 aromatic rings. The minimum atomic E-state index is -0.695. The van der Waals surface area contributed by atoms with Crippen LogP contribution in [0.4, 0.5) is 0 Å². The molecule has 1 aliphatic heterocycles. The quantitative estimate of drug-likeness (QED) is 0.752. The molecule has 0 radical (unpaired) electrons. The standard InChI is InChI=1S/C21H27N3O4/c25-15-6-4-14(5-7-15)24-17-8-3-13(12-16(17)22-20(24)27)19(26)23-11-1-2-18(23)21(28)9-10-21/h3,8,12,14-15,18,25,28H,1-2,4-7,9-11H2,(H,22,27). The van der Waals surface area contributed by atoms with Crippen molar-refractivity contribution in [3.63, 3.8) is 0 Å². The first kappa shape index (κ1) is 17.9. The zero-order chi connectivity index (χ0) is 19.5. The molecule has 2 heterocycles. The molecule has 1 amide bonds. The number of aliphatic hydroxyl groups is 2. The van der Waals surface area contributed by atoms with Crippen molar-refractivity contribution in [1.82, 2.24) is 14.5 Å². The molecule has 28 heavy (non-hydrogen) atoms. The van der Waals surface area contributed by atoms with Crippen molar-refractivity contribution < 1.29 is 15.0 Å². The lowest BCUT2D eigenvalue weighted by Gasteiger charge is -2.29. The van der Waals surface area contributed by atoms with Crippen molar-refractivity contribution in [3.8, 4) is 0 Å². The summed E-state index contributed by atoms with van der Waals surface area (Å²) in [6.45, 7) is 0.672. The molecule has 150 valence electrons. The fourth-order valence-electron chi connectivity index (χ4n) is 5.14. The lowest BCUT2D eigenvalue weighted by Crippen LogP contribution is -2.44. The Hall–Kier alpha value is -2.12. The van der Waals surface area contributed by atoms with E-state index in [9.17, 15) is 19.8 Å². The van der Waals surface area contributed by atoms with E-state index in [0.717, 1.165) is 44.0 Å². The van der Waals surface area contributed by atoms with Crippen LogP contribution in [-0.4, -0.2) is 54.9 Å². The monoisotopic (exact) mass is 385 g/mol. The van der Waals surface area contributed by atoms with Crippen LogP contribution in [0.3, 0.4) is 0 Å². The molecule has 2 aliphatic carbocycles. The number of aromatic nitrogens is 2. The number of nitrogens with one attached hydrogen (secondary N) is 1. The number of aliphatic hydroxyl groups excluding tert-OH is 1. The Morgan fingerprint density at radius 2 is 1.89 bits per heavy atom. The number of rotatable bonds is 3. The van der Waals surface area contributed by atoms with Gasteiger partial charge in [0, 0.05) is 18.2 Å². The largest absolute Gasteiger partial charge is 0.393 e. The summed E-state index contributed by atoms with van der Waals surface area (Å²) in [7, 11) is 0. The second kappa shape index (κ2) is 6.46. The van der Waals surface area contributed by atoms with E-state index in [1.165, 1.54) is 0 Å². The minimum Gasteiger partial charge on any atom is -0.393 e. The lowest BCUT2D eigenvalue weighted by molar-refractivity contribution is 0.0386. The number of carbonyl (C=O) groups excluding carboxylic acids is 1. The molecular weight excluding hydrogens is 358 g/mol. The maximum atomic E-state index is 13.1. The maximum Gasteiger partial charge on any atom is 0.326 e. The summed E-state index contributed by atoms with van der Waals surface area (Å²) >= 11 is 0. The number of H-pyrrole nitrogens is 1. The topological polar surface area (TPSA) is 98.6 Å². The Kier molecular flexibility index (Phi) is 4.14. The van der Waals surface area contributed by atoms with E-state index in [-0.39, 0.29) is 29.8 Å². The van der Waals surface area contributed by atoms with Crippen LogP contribution in [0.25, 0.3) is 11.0 Å². The van der Waals surface area contributed by atoms with Crippen molar-refractivity contribution >= 4 is 16.9 Å². The predicted octanol–water partition coefficient (Wildman–Crippen LogP) is 1.94. The summed E-state index contributed by atoms with van der Waals surface area (Å²) in [6, 6.07) is 5.40. The number of nitrogens with zero attached hydrogens (tertiary/aromatic N) is 2. The normalized spacial score (nSPS) is 29.4. The van der Waals surface area contributed by atoms with Gasteiger partial charge < -0.3 is 20.1 Å². The molecule has 3 N–H and O–H groups in total. The van der Waals surface area contributed by atoms with Gasteiger partial charge >= 0.3 is 5.69 Å². The van der Waals surface area contributed by atoms with E-state index >= 15 is 0 Å². The zero-order valence-corrected chi connectivity index (χ0v) is 15.9. The highest BCUT2D eigenvalue weighted by atomic mass is 16.3. The van der Waals surface area contributed by atoms with Gasteiger partial charge in [-0.05, 0) is 69.6 Å². The smallest absolute Gasteiger partial charge is 0.326 e. The van der Waals surface area contributed by atoms with Gasteiger partial charge in [-0.25, -0.2) is 4.79 Å². The van der Waals surface area contributed by atoms with Crippen molar-refractivity contribution in [2.75, 3.05) is 6.54 Å². The molecule has 7 nitrogen and oxygen atoms in total. The average molecular weight is 385 g/mol. The SMILES string of the molecule is O=C(c1ccc2c(c1)[nH]c(=O)n2C1CCC(O)CC1)N1CCCC1C1(O)CC1. The number of aromatic amines is 1. The summed E-state index contributed by atoms with van der Waals surface area (Å²) in [5.74, 6) is -0.0703. The molecule has 3 fully saturated rings. The molecule has 1 aromatic heterocycles. The molecule has 7 heteroatoms. The van der Waals surface area contributed by atoms with Crippen LogP contribution < -0.4 is 5.69 Å². The van der Waals surface area contributed by atoms with Crippen LogP contribution in [-0.2, 0) is 0 Å². The van der Waals surface area contributed by atoms with Crippen LogP contribution in [0.15, 0.2) is 23.0 Å². The number of carbonyl (C=O) groups is 1. The first-order chi connectivity index (χ1) is 13.5. The second-order valence-electron chi connectivity index (χ2n) is 8.75. The highest BCUT2D eigenvalue weighted by Crippen LogP contribution is 2.45. The first-order valence-corrected chi connectivity index (χ1v) is 10.4. The van der Waals surface area contributed by atoms with E-state index < -0.39 is 5.60 Å². The predicted molar refractivity (Wildman–Crippen MR) is 104 cm³/mol. The summed E-state index contributed by atoms with van der Waals surface area (Å²) in [5, 5.41) is 20.2. The molecule has 5 rings (SSSR count). The summed E-state index contributed by atoms with van der Waals surface area (Å²) in [4.78, 5) is 30.4. The molecule has 1 unspecified atom stereocenters. The number of hydrogen-bond acceptors (Lipinski definition) is 4. The van der Waals surface area contributed by atoms with Crippen LogP contribution in [0.5, 0.6) is 0 Å². The molecule has 1 aromatic carbocycles. The van der Waals surface area contributed by atoms with Gasteiger partial charge in [-0.15, -0.1) is 0 Å². The zero-order valence-electron chi connectivity index (χ0n) is 15.9. The van der Waals surface area contributed by atoms with Crippen LogP contribution in [0, 0.1) is 0 Å². The van der Waals surface area contributed by atoms with Gasteiger partial charge in [-0.3, -0.25) is 9.36 Å². The van der Waals surface area contributed by atoms with Crippen LogP contribution in [0.2, 0.25) is 0 Å². The fourth-order valence-corrected chi connectivity index (χ4v) is 5.14. The average Bonchev–Trinajstić information content (AvgIpc) is 3.12. The van der Waals surface area contributed by atoms with Gasteiger partial charge in [0.15, 0.2) is 0 Å². The number of amides is 1. The van der Waals surface area contributed by atoms with Crippen molar-refractivity contribution in [1.29, 1.82) is 0 Å². The number of imidazole rings is 1. The third-order valence-electron chi connectivity index (χ3n) is 6.89.